The van der Waals surface area contributed by atoms with E-state index in [1.165, 1.54) is 6.92 Å². The van der Waals surface area contributed by atoms with Crippen LogP contribution in [0, 0.1) is 0 Å². The van der Waals surface area contributed by atoms with E-state index in [0.717, 1.165) is 37.8 Å². The predicted molar refractivity (Wildman–Crippen MR) is 119 cm³/mol. The van der Waals surface area contributed by atoms with E-state index in [-0.39, 0.29) is 5.91 Å². The summed E-state index contributed by atoms with van der Waals surface area (Å²) in [6.07, 6.45) is 0. The minimum Gasteiger partial charge on any atom is -0.506 e. The molecule has 0 atom stereocenters. The molecule has 0 bridgehead atoms. The average Bonchev–Trinajstić information content (AvgIpc) is 2.74. The SMILES string of the molecule is CN=C(NCCOc1cccc(NC(C)=O)c1)N1CCN(c2ccccc2O)CC1. The summed E-state index contributed by atoms with van der Waals surface area (Å²) in [6.45, 7) is 5.80. The number of carbonyl (C=O) groups is 1. The number of guanidine groups is 1. The number of nitrogens with zero attached hydrogens (tertiary/aromatic N) is 3. The van der Waals surface area contributed by atoms with Gasteiger partial charge in [0.15, 0.2) is 5.96 Å². The van der Waals surface area contributed by atoms with Crippen molar-refractivity contribution < 1.29 is 14.6 Å². The Balaban J connectivity index is 1.43. The molecule has 0 saturated carbocycles. The number of piperazine rings is 1. The quantitative estimate of drug-likeness (QED) is 0.383. The average molecular weight is 412 g/mol. The molecule has 0 radical (unpaired) electrons. The van der Waals surface area contributed by atoms with Crippen LogP contribution in [-0.4, -0.2) is 68.3 Å². The Bertz CT molecular complexity index is 879. The molecule has 3 rings (SSSR count). The smallest absolute Gasteiger partial charge is 0.221 e. The Morgan fingerprint density at radius 2 is 1.90 bits per heavy atom. The van der Waals surface area contributed by atoms with Gasteiger partial charge in [-0.05, 0) is 24.3 Å². The highest BCUT2D eigenvalue weighted by Gasteiger charge is 2.21. The minimum atomic E-state index is -0.111. The molecule has 1 saturated heterocycles. The van der Waals surface area contributed by atoms with Crippen molar-refractivity contribution in [3.63, 3.8) is 0 Å². The second-order valence-corrected chi connectivity index (χ2v) is 6.99. The second-order valence-electron chi connectivity index (χ2n) is 6.99. The fourth-order valence-corrected chi connectivity index (χ4v) is 3.42. The summed E-state index contributed by atoms with van der Waals surface area (Å²) in [5, 5.41) is 16.1. The van der Waals surface area contributed by atoms with Crippen LogP contribution in [0.2, 0.25) is 0 Å². The molecule has 1 aliphatic rings. The van der Waals surface area contributed by atoms with Crippen molar-refractivity contribution in [3.05, 3.63) is 48.5 Å². The largest absolute Gasteiger partial charge is 0.506 e. The van der Waals surface area contributed by atoms with Gasteiger partial charge in [0.05, 0.1) is 12.2 Å². The van der Waals surface area contributed by atoms with Crippen LogP contribution in [0.3, 0.4) is 0 Å². The number of phenolic OH excluding ortho intramolecular Hbond substituents is 1. The predicted octanol–water partition coefficient (Wildman–Crippen LogP) is 2.13. The van der Waals surface area contributed by atoms with Crippen LogP contribution in [0.15, 0.2) is 53.5 Å². The van der Waals surface area contributed by atoms with Gasteiger partial charge in [-0.2, -0.15) is 0 Å². The Kier molecular flexibility index (Phi) is 7.37. The van der Waals surface area contributed by atoms with E-state index in [4.69, 9.17) is 4.74 Å². The first-order chi connectivity index (χ1) is 14.6. The third-order valence-electron chi connectivity index (χ3n) is 4.82. The molecule has 30 heavy (non-hydrogen) atoms. The van der Waals surface area contributed by atoms with E-state index < -0.39 is 0 Å². The minimum absolute atomic E-state index is 0.111. The van der Waals surface area contributed by atoms with Crippen molar-refractivity contribution in [2.24, 2.45) is 4.99 Å². The number of aliphatic imine (C=N–C) groups is 1. The zero-order chi connectivity index (χ0) is 21.3. The van der Waals surface area contributed by atoms with Gasteiger partial charge in [0, 0.05) is 51.9 Å². The van der Waals surface area contributed by atoms with Gasteiger partial charge >= 0.3 is 0 Å². The molecule has 8 nitrogen and oxygen atoms in total. The van der Waals surface area contributed by atoms with Gasteiger partial charge in [0.1, 0.15) is 18.1 Å². The van der Waals surface area contributed by atoms with E-state index in [1.807, 2.05) is 36.4 Å². The molecule has 3 N–H and O–H groups in total. The van der Waals surface area contributed by atoms with Gasteiger partial charge in [-0.15, -0.1) is 0 Å². The third-order valence-corrected chi connectivity index (χ3v) is 4.82. The first-order valence-electron chi connectivity index (χ1n) is 10.1. The van der Waals surface area contributed by atoms with Gasteiger partial charge < -0.3 is 30.3 Å². The van der Waals surface area contributed by atoms with Crippen LogP contribution < -0.4 is 20.3 Å². The van der Waals surface area contributed by atoms with Crippen LogP contribution in [0.1, 0.15) is 6.92 Å². The van der Waals surface area contributed by atoms with Crippen LogP contribution in [0.5, 0.6) is 11.5 Å². The number of amides is 1. The summed E-state index contributed by atoms with van der Waals surface area (Å²) in [4.78, 5) is 19.9. The van der Waals surface area contributed by atoms with Gasteiger partial charge in [0.25, 0.3) is 0 Å². The number of aromatic hydroxyl groups is 1. The van der Waals surface area contributed by atoms with E-state index in [9.17, 15) is 9.90 Å². The fraction of sp³-hybridized carbons (Fsp3) is 0.364. The highest BCUT2D eigenvalue weighted by Crippen LogP contribution is 2.27. The number of para-hydroxylation sites is 2. The summed E-state index contributed by atoms with van der Waals surface area (Å²) in [6, 6.07) is 14.8. The number of anilines is 2. The molecule has 2 aromatic carbocycles. The highest BCUT2D eigenvalue weighted by atomic mass is 16.5. The van der Waals surface area contributed by atoms with Crippen LogP contribution >= 0.6 is 0 Å². The number of benzene rings is 2. The molecule has 0 spiro atoms. The number of hydrogen-bond acceptors (Lipinski definition) is 5. The molecule has 160 valence electrons. The molecule has 0 aliphatic carbocycles. The monoisotopic (exact) mass is 411 g/mol. The maximum atomic E-state index is 11.2. The van der Waals surface area contributed by atoms with Crippen LogP contribution in [-0.2, 0) is 4.79 Å². The standard InChI is InChI=1S/C22H29N5O3/c1-17(28)25-18-6-5-7-19(16-18)30-15-10-24-22(23-2)27-13-11-26(12-14-27)20-8-3-4-9-21(20)29/h3-9,16,29H,10-15H2,1-2H3,(H,23,24)(H,25,28). The number of hydrogen-bond donors (Lipinski definition) is 3. The lowest BCUT2D eigenvalue weighted by Gasteiger charge is -2.37. The van der Waals surface area contributed by atoms with Crippen LogP contribution in [0.25, 0.3) is 0 Å². The Labute approximate surface area is 177 Å². The molecule has 2 aromatic rings. The molecule has 1 aliphatic heterocycles. The van der Waals surface area contributed by atoms with Gasteiger partial charge in [-0.1, -0.05) is 18.2 Å². The summed E-state index contributed by atoms with van der Waals surface area (Å²) in [7, 11) is 1.77. The molecule has 8 heteroatoms. The molecular formula is C22H29N5O3. The van der Waals surface area contributed by atoms with Crippen molar-refractivity contribution >= 4 is 23.2 Å². The molecule has 0 aromatic heterocycles. The topological polar surface area (TPSA) is 89.4 Å². The molecule has 1 amide bonds. The second kappa shape index (κ2) is 10.4. The zero-order valence-corrected chi connectivity index (χ0v) is 17.5. The number of carbonyl (C=O) groups excluding carboxylic acids is 1. The van der Waals surface area contributed by atoms with Gasteiger partial charge in [0.2, 0.25) is 5.91 Å². The lowest BCUT2D eigenvalue weighted by atomic mass is 10.2. The Morgan fingerprint density at radius 3 is 2.60 bits per heavy atom. The molecule has 1 fully saturated rings. The van der Waals surface area contributed by atoms with Crippen molar-refractivity contribution in [3.8, 4) is 11.5 Å². The first kappa shape index (κ1) is 21.3. The lowest BCUT2D eigenvalue weighted by molar-refractivity contribution is -0.114. The van der Waals surface area contributed by atoms with Crippen molar-refractivity contribution in [2.75, 3.05) is 56.6 Å². The lowest BCUT2D eigenvalue weighted by Crippen LogP contribution is -2.53. The highest BCUT2D eigenvalue weighted by molar-refractivity contribution is 5.88. The normalized spacial score (nSPS) is 14.4. The first-order valence-corrected chi connectivity index (χ1v) is 10.1. The maximum Gasteiger partial charge on any atom is 0.221 e. The number of nitrogens with one attached hydrogen (secondary N) is 2. The zero-order valence-electron chi connectivity index (χ0n) is 17.5. The Hall–Kier alpha value is -3.42. The van der Waals surface area contributed by atoms with E-state index in [0.29, 0.717) is 30.3 Å². The van der Waals surface area contributed by atoms with Gasteiger partial charge in [-0.25, -0.2) is 0 Å². The Morgan fingerprint density at radius 1 is 1.13 bits per heavy atom. The molecular weight excluding hydrogens is 382 g/mol. The van der Waals surface area contributed by atoms with E-state index in [2.05, 4.69) is 25.4 Å². The number of rotatable bonds is 6. The van der Waals surface area contributed by atoms with Crippen LogP contribution in [0.4, 0.5) is 11.4 Å². The summed E-state index contributed by atoms with van der Waals surface area (Å²) >= 11 is 0. The molecule has 1 heterocycles. The van der Waals surface area contributed by atoms with E-state index in [1.54, 1.807) is 19.2 Å². The van der Waals surface area contributed by atoms with Gasteiger partial charge in [-0.3, -0.25) is 9.79 Å². The molecule has 0 unspecified atom stereocenters. The van der Waals surface area contributed by atoms with Crippen molar-refractivity contribution in [2.45, 2.75) is 6.92 Å². The van der Waals surface area contributed by atoms with Crippen molar-refractivity contribution in [1.29, 1.82) is 0 Å². The van der Waals surface area contributed by atoms with Crippen molar-refractivity contribution in [1.82, 2.24) is 10.2 Å². The van der Waals surface area contributed by atoms with E-state index >= 15 is 0 Å². The number of phenols is 1. The third kappa shape index (κ3) is 5.79. The number of ether oxygens (including phenoxy) is 1. The summed E-state index contributed by atoms with van der Waals surface area (Å²) in [5.41, 5.74) is 1.58. The summed E-state index contributed by atoms with van der Waals surface area (Å²) in [5.74, 6) is 1.74. The fourth-order valence-electron chi connectivity index (χ4n) is 3.42. The maximum absolute atomic E-state index is 11.2. The summed E-state index contributed by atoms with van der Waals surface area (Å²) < 4.78 is 5.78.